The topological polar surface area (TPSA) is 20.3 Å². The van der Waals surface area contributed by atoms with E-state index in [0.717, 1.165) is 24.1 Å². The molecular formula is C15H13ClFNOS. The number of hydrogen-bond donors (Lipinski definition) is 0. The van der Waals surface area contributed by atoms with E-state index >= 15 is 0 Å². The maximum atomic E-state index is 13.3. The van der Waals surface area contributed by atoms with Crippen LogP contribution in [0.25, 0.3) is 0 Å². The minimum absolute atomic E-state index is 0.0676. The third-order valence-corrected chi connectivity index (χ3v) is 4.80. The van der Waals surface area contributed by atoms with E-state index in [0.29, 0.717) is 9.21 Å². The summed E-state index contributed by atoms with van der Waals surface area (Å²) in [4.78, 5) is 15.0. The highest BCUT2D eigenvalue weighted by Crippen LogP contribution is 2.34. The number of benzene rings is 1. The van der Waals surface area contributed by atoms with Crippen molar-refractivity contribution in [2.24, 2.45) is 0 Å². The van der Waals surface area contributed by atoms with Crippen molar-refractivity contribution in [3.63, 3.8) is 0 Å². The maximum absolute atomic E-state index is 13.3. The van der Waals surface area contributed by atoms with Gasteiger partial charge in [0.25, 0.3) is 5.91 Å². The summed E-state index contributed by atoms with van der Waals surface area (Å²) in [5.74, 6) is -0.327. The van der Waals surface area contributed by atoms with Crippen LogP contribution in [0.15, 0.2) is 30.3 Å². The molecule has 1 aromatic heterocycles. The molecule has 2 nitrogen and oxygen atoms in total. The summed E-state index contributed by atoms with van der Waals surface area (Å²) in [6.07, 6.45) is 1.63. The number of halogens is 2. The molecule has 1 aliphatic rings. The van der Waals surface area contributed by atoms with Crippen molar-refractivity contribution in [1.82, 2.24) is 0 Å². The minimum Gasteiger partial charge on any atom is -0.305 e. The van der Waals surface area contributed by atoms with Crippen molar-refractivity contribution >= 4 is 34.5 Å². The molecule has 0 saturated carbocycles. The van der Waals surface area contributed by atoms with E-state index in [1.54, 1.807) is 23.1 Å². The molecule has 2 aromatic rings. The molecule has 5 heteroatoms. The zero-order chi connectivity index (χ0) is 14.3. The SMILES string of the molecule is CC1CCc2cc(F)ccc2N1C(=O)c1ccc(Cl)s1. The Morgan fingerprint density at radius 1 is 1.40 bits per heavy atom. The van der Waals surface area contributed by atoms with Crippen LogP contribution in [0, 0.1) is 5.82 Å². The molecule has 1 aromatic carbocycles. The van der Waals surface area contributed by atoms with Crippen LogP contribution in [0.4, 0.5) is 10.1 Å². The number of amides is 1. The smallest absolute Gasteiger partial charge is 0.268 e. The summed E-state index contributed by atoms with van der Waals surface area (Å²) in [7, 11) is 0. The van der Waals surface area contributed by atoms with Gasteiger partial charge in [-0.2, -0.15) is 0 Å². The first-order valence-corrected chi connectivity index (χ1v) is 7.63. The number of anilines is 1. The van der Waals surface area contributed by atoms with Gasteiger partial charge >= 0.3 is 0 Å². The largest absolute Gasteiger partial charge is 0.305 e. The Morgan fingerprint density at radius 2 is 2.20 bits per heavy atom. The highest BCUT2D eigenvalue weighted by atomic mass is 35.5. The van der Waals surface area contributed by atoms with Gasteiger partial charge in [-0.15, -0.1) is 11.3 Å². The molecule has 0 N–H and O–H groups in total. The summed E-state index contributed by atoms with van der Waals surface area (Å²) < 4.78 is 13.9. The van der Waals surface area contributed by atoms with Gasteiger partial charge in [0.15, 0.2) is 0 Å². The van der Waals surface area contributed by atoms with Crippen molar-refractivity contribution < 1.29 is 9.18 Å². The molecular weight excluding hydrogens is 297 g/mol. The fourth-order valence-corrected chi connectivity index (χ4v) is 3.56. The van der Waals surface area contributed by atoms with E-state index in [4.69, 9.17) is 11.6 Å². The molecule has 1 atom stereocenters. The maximum Gasteiger partial charge on any atom is 0.268 e. The summed E-state index contributed by atoms with van der Waals surface area (Å²) in [5.41, 5.74) is 1.69. The minimum atomic E-state index is -0.259. The Kier molecular flexibility index (Phi) is 3.52. The second kappa shape index (κ2) is 5.19. The van der Waals surface area contributed by atoms with Crippen molar-refractivity contribution in [1.29, 1.82) is 0 Å². The van der Waals surface area contributed by atoms with Gasteiger partial charge in [0.2, 0.25) is 0 Å². The molecule has 0 fully saturated rings. The number of thiophene rings is 1. The van der Waals surface area contributed by atoms with Crippen molar-refractivity contribution in [3.05, 3.63) is 50.9 Å². The molecule has 0 aliphatic carbocycles. The predicted molar refractivity (Wildman–Crippen MR) is 80.3 cm³/mol. The number of aryl methyl sites for hydroxylation is 1. The van der Waals surface area contributed by atoms with Gasteiger partial charge in [0, 0.05) is 11.7 Å². The molecule has 0 spiro atoms. The van der Waals surface area contributed by atoms with Gasteiger partial charge in [-0.25, -0.2) is 4.39 Å². The average molecular weight is 310 g/mol. The molecule has 3 rings (SSSR count). The Bertz CT molecular complexity index is 670. The third kappa shape index (κ3) is 2.34. The summed E-state index contributed by atoms with van der Waals surface area (Å²) in [6, 6.07) is 8.16. The fraction of sp³-hybridized carbons (Fsp3) is 0.267. The van der Waals surface area contributed by atoms with Gasteiger partial charge in [-0.05, 0) is 55.7 Å². The molecule has 1 amide bonds. The monoisotopic (exact) mass is 309 g/mol. The molecule has 1 unspecified atom stereocenters. The number of carbonyl (C=O) groups excluding carboxylic acids is 1. The second-order valence-electron chi connectivity index (χ2n) is 4.94. The predicted octanol–water partition coefficient (Wildman–Crippen LogP) is 4.52. The Hall–Kier alpha value is -1.39. The lowest BCUT2D eigenvalue weighted by atomic mass is 9.96. The Balaban J connectivity index is 2.02. The zero-order valence-electron chi connectivity index (χ0n) is 10.9. The highest BCUT2D eigenvalue weighted by molar-refractivity contribution is 7.18. The number of rotatable bonds is 1. The van der Waals surface area contributed by atoms with Crippen LogP contribution < -0.4 is 4.90 Å². The van der Waals surface area contributed by atoms with E-state index in [1.165, 1.54) is 23.5 Å². The van der Waals surface area contributed by atoms with Crippen molar-refractivity contribution in [2.75, 3.05) is 4.90 Å². The van der Waals surface area contributed by atoms with Gasteiger partial charge in [0.1, 0.15) is 5.82 Å². The molecule has 0 saturated heterocycles. The summed E-state index contributed by atoms with van der Waals surface area (Å²) >= 11 is 7.17. The van der Waals surface area contributed by atoms with E-state index in [9.17, 15) is 9.18 Å². The number of carbonyl (C=O) groups is 1. The Labute approximate surface area is 125 Å². The van der Waals surface area contributed by atoms with Crippen LogP contribution >= 0.6 is 22.9 Å². The quantitative estimate of drug-likeness (QED) is 0.758. The van der Waals surface area contributed by atoms with E-state index in [2.05, 4.69) is 0 Å². The van der Waals surface area contributed by atoms with Crippen LogP contribution in [-0.2, 0) is 6.42 Å². The lowest BCUT2D eigenvalue weighted by Crippen LogP contribution is -2.41. The first-order valence-electron chi connectivity index (χ1n) is 6.43. The van der Waals surface area contributed by atoms with Crippen molar-refractivity contribution in [2.45, 2.75) is 25.8 Å². The van der Waals surface area contributed by atoms with E-state index in [-0.39, 0.29) is 17.8 Å². The highest BCUT2D eigenvalue weighted by Gasteiger charge is 2.29. The van der Waals surface area contributed by atoms with Gasteiger partial charge in [0.05, 0.1) is 9.21 Å². The molecule has 20 heavy (non-hydrogen) atoms. The summed E-state index contributed by atoms with van der Waals surface area (Å²) in [5, 5.41) is 0. The van der Waals surface area contributed by atoms with Crippen LogP contribution in [-0.4, -0.2) is 11.9 Å². The first-order chi connectivity index (χ1) is 9.56. The fourth-order valence-electron chi connectivity index (χ4n) is 2.58. The normalized spacial score (nSPS) is 17.9. The van der Waals surface area contributed by atoms with Crippen molar-refractivity contribution in [3.8, 4) is 0 Å². The zero-order valence-corrected chi connectivity index (χ0v) is 12.5. The van der Waals surface area contributed by atoms with Gasteiger partial charge in [-0.3, -0.25) is 4.79 Å². The van der Waals surface area contributed by atoms with Gasteiger partial charge in [-0.1, -0.05) is 11.6 Å². The average Bonchev–Trinajstić information content (AvgIpc) is 2.85. The van der Waals surface area contributed by atoms with Crippen LogP contribution in [0.3, 0.4) is 0 Å². The molecule has 0 radical (unpaired) electrons. The lowest BCUT2D eigenvalue weighted by Gasteiger charge is -2.35. The van der Waals surface area contributed by atoms with E-state index in [1.807, 2.05) is 6.92 Å². The molecule has 2 heterocycles. The second-order valence-corrected chi connectivity index (χ2v) is 6.65. The summed E-state index contributed by atoms with van der Waals surface area (Å²) in [6.45, 7) is 2.01. The van der Waals surface area contributed by atoms with E-state index < -0.39 is 0 Å². The number of nitrogens with zero attached hydrogens (tertiary/aromatic N) is 1. The van der Waals surface area contributed by atoms with Crippen LogP contribution in [0.5, 0.6) is 0 Å². The van der Waals surface area contributed by atoms with Crippen LogP contribution in [0.2, 0.25) is 4.34 Å². The third-order valence-electron chi connectivity index (χ3n) is 3.58. The number of hydrogen-bond acceptors (Lipinski definition) is 2. The lowest BCUT2D eigenvalue weighted by molar-refractivity contribution is 0.0979. The molecule has 0 bridgehead atoms. The Morgan fingerprint density at radius 3 is 2.90 bits per heavy atom. The standard InChI is InChI=1S/C15H13ClFNOS/c1-9-2-3-10-8-11(17)4-5-12(10)18(9)15(19)13-6-7-14(16)20-13/h4-9H,2-3H2,1H3. The van der Waals surface area contributed by atoms with Gasteiger partial charge < -0.3 is 4.90 Å². The number of fused-ring (bicyclic) bond motifs is 1. The molecule has 1 aliphatic heterocycles. The first kappa shape index (κ1) is 13.6. The molecule has 104 valence electrons. The van der Waals surface area contributed by atoms with Crippen LogP contribution in [0.1, 0.15) is 28.6 Å².